The van der Waals surface area contributed by atoms with E-state index in [0.29, 0.717) is 16.2 Å². The lowest BCUT2D eigenvalue weighted by atomic mass is 10.2. The summed E-state index contributed by atoms with van der Waals surface area (Å²) in [6.07, 6.45) is 5.29. The average Bonchev–Trinajstić information content (AvgIpc) is 2.84. The molecule has 4 heteroatoms. The van der Waals surface area contributed by atoms with Crippen LogP contribution in [0.15, 0.2) is 12.1 Å². The summed E-state index contributed by atoms with van der Waals surface area (Å²) in [4.78, 5) is 6.78. The zero-order valence-electron chi connectivity index (χ0n) is 10.1. The molecule has 0 aromatic carbocycles. The van der Waals surface area contributed by atoms with Crippen molar-refractivity contribution in [1.82, 2.24) is 9.88 Å². The van der Waals surface area contributed by atoms with Crippen molar-refractivity contribution in [2.45, 2.75) is 45.2 Å². The summed E-state index contributed by atoms with van der Waals surface area (Å²) in [5.74, 6) is 0. The van der Waals surface area contributed by atoms with Gasteiger partial charge in [0.25, 0.3) is 0 Å². The van der Waals surface area contributed by atoms with E-state index in [1.165, 1.54) is 25.7 Å². The van der Waals surface area contributed by atoms with Gasteiger partial charge in [0, 0.05) is 12.6 Å². The Balaban J connectivity index is 2.09. The first-order chi connectivity index (χ1) is 8.20. The van der Waals surface area contributed by atoms with E-state index in [9.17, 15) is 0 Å². The van der Waals surface area contributed by atoms with Crippen LogP contribution in [0.4, 0.5) is 0 Å². The molecule has 1 fully saturated rings. The first kappa shape index (κ1) is 13.1. The van der Waals surface area contributed by atoms with E-state index >= 15 is 0 Å². The van der Waals surface area contributed by atoms with Gasteiger partial charge in [-0.15, -0.1) is 0 Å². The molecule has 2 rings (SSSR count). The normalized spacial score (nSPS) is 16.9. The Bertz CT molecular complexity index is 376. The monoisotopic (exact) mass is 272 g/mol. The summed E-state index contributed by atoms with van der Waals surface area (Å²) in [7, 11) is 0. The van der Waals surface area contributed by atoms with Gasteiger partial charge in [-0.2, -0.15) is 0 Å². The van der Waals surface area contributed by atoms with Crippen molar-refractivity contribution in [3.63, 3.8) is 0 Å². The number of rotatable bonds is 4. The fraction of sp³-hybridized carbons (Fsp3) is 0.615. The van der Waals surface area contributed by atoms with Crippen molar-refractivity contribution in [2.24, 2.45) is 0 Å². The number of hydrogen-bond acceptors (Lipinski definition) is 2. The van der Waals surface area contributed by atoms with Gasteiger partial charge in [-0.3, -0.25) is 4.90 Å². The first-order valence-corrected chi connectivity index (χ1v) is 7.01. The van der Waals surface area contributed by atoms with E-state index < -0.39 is 0 Å². The molecular formula is C13H18Cl2N2. The van der Waals surface area contributed by atoms with Crippen LogP contribution in [-0.4, -0.2) is 22.5 Å². The van der Waals surface area contributed by atoms with Gasteiger partial charge in [-0.1, -0.05) is 43.0 Å². The maximum atomic E-state index is 6.16. The summed E-state index contributed by atoms with van der Waals surface area (Å²) in [6.45, 7) is 4.03. The van der Waals surface area contributed by atoms with Crippen LogP contribution in [0.3, 0.4) is 0 Å². The van der Waals surface area contributed by atoms with Crippen LogP contribution < -0.4 is 0 Å². The Morgan fingerprint density at radius 3 is 2.65 bits per heavy atom. The molecular weight excluding hydrogens is 255 g/mol. The van der Waals surface area contributed by atoms with Crippen LogP contribution in [0.5, 0.6) is 0 Å². The highest BCUT2D eigenvalue weighted by atomic mass is 35.5. The molecule has 1 aromatic heterocycles. The molecule has 0 bridgehead atoms. The highest BCUT2D eigenvalue weighted by Crippen LogP contribution is 2.26. The van der Waals surface area contributed by atoms with Gasteiger partial charge in [-0.05, 0) is 31.5 Å². The predicted molar refractivity (Wildman–Crippen MR) is 72.6 cm³/mol. The minimum Gasteiger partial charge on any atom is -0.295 e. The zero-order valence-corrected chi connectivity index (χ0v) is 11.6. The molecule has 1 aromatic rings. The van der Waals surface area contributed by atoms with E-state index in [4.69, 9.17) is 23.2 Å². The smallest absolute Gasteiger partial charge is 0.129 e. The molecule has 1 heterocycles. The first-order valence-electron chi connectivity index (χ1n) is 6.25. The number of pyridine rings is 1. The molecule has 1 aliphatic carbocycles. The van der Waals surface area contributed by atoms with E-state index in [2.05, 4.69) is 16.8 Å². The predicted octanol–water partition coefficient (Wildman–Crippen LogP) is 4.15. The molecule has 0 radical (unpaired) electrons. The molecule has 0 amide bonds. The Labute approximate surface area is 113 Å². The molecule has 0 aliphatic heterocycles. The van der Waals surface area contributed by atoms with Gasteiger partial charge in [0.15, 0.2) is 0 Å². The molecule has 1 saturated carbocycles. The van der Waals surface area contributed by atoms with Gasteiger partial charge >= 0.3 is 0 Å². The summed E-state index contributed by atoms with van der Waals surface area (Å²) < 4.78 is 0. The lowest BCUT2D eigenvalue weighted by molar-refractivity contribution is 0.198. The maximum absolute atomic E-state index is 6.16. The quantitative estimate of drug-likeness (QED) is 0.766. The van der Waals surface area contributed by atoms with Crippen molar-refractivity contribution in [2.75, 3.05) is 6.54 Å². The molecule has 1 aliphatic rings. The van der Waals surface area contributed by atoms with Gasteiger partial charge in [0.2, 0.25) is 0 Å². The van der Waals surface area contributed by atoms with Gasteiger partial charge < -0.3 is 0 Å². The van der Waals surface area contributed by atoms with Crippen molar-refractivity contribution >= 4 is 23.2 Å². The van der Waals surface area contributed by atoms with E-state index in [-0.39, 0.29) is 0 Å². The molecule has 0 saturated heterocycles. The fourth-order valence-electron chi connectivity index (χ4n) is 2.53. The Kier molecular flexibility index (Phi) is 4.66. The second kappa shape index (κ2) is 6.03. The lowest BCUT2D eigenvalue weighted by Crippen LogP contribution is -2.32. The Hall–Kier alpha value is -0.310. The minimum atomic E-state index is 0.520. The van der Waals surface area contributed by atoms with Crippen LogP contribution in [0, 0.1) is 0 Å². The summed E-state index contributed by atoms with van der Waals surface area (Å²) in [5, 5.41) is 1.23. The highest BCUT2D eigenvalue weighted by molar-refractivity contribution is 6.32. The summed E-state index contributed by atoms with van der Waals surface area (Å²) >= 11 is 12.1. The third kappa shape index (κ3) is 3.34. The van der Waals surface area contributed by atoms with Gasteiger partial charge in [0.05, 0.1) is 10.7 Å². The number of aromatic nitrogens is 1. The van der Waals surface area contributed by atoms with Crippen LogP contribution >= 0.6 is 23.2 Å². The topological polar surface area (TPSA) is 16.1 Å². The Morgan fingerprint density at radius 1 is 1.29 bits per heavy atom. The van der Waals surface area contributed by atoms with E-state index in [0.717, 1.165) is 18.8 Å². The molecule has 0 N–H and O–H groups in total. The van der Waals surface area contributed by atoms with Crippen LogP contribution in [-0.2, 0) is 6.54 Å². The third-order valence-corrected chi connectivity index (χ3v) is 4.04. The molecule has 0 spiro atoms. The van der Waals surface area contributed by atoms with E-state index in [1.807, 2.05) is 6.07 Å². The summed E-state index contributed by atoms with van der Waals surface area (Å²) in [6, 6.07) is 4.25. The van der Waals surface area contributed by atoms with Crippen molar-refractivity contribution < 1.29 is 0 Å². The van der Waals surface area contributed by atoms with Crippen molar-refractivity contribution in [1.29, 1.82) is 0 Å². The lowest BCUT2D eigenvalue weighted by Gasteiger charge is -2.27. The number of hydrogen-bond donors (Lipinski definition) is 0. The minimum absolute atomic E-state index is 0.520. The second-order valence-electron chi connectivity index (χ2n) is 4.56. The van der Waals surface area contributed by atoms with Crippen LogP contribution in [0.25, 0.3) is 0 Å². The molecule has 0 unspecified atom stereocenters. The van der Waals surface area contributed by atoms with Crippen molar-refractivity contribution in [3.8, 4) is 0 Å². The van der Waals surface area contributed by atoms with Gasteiger partial charge in [0.1, 0.15) is 5.15 Å². The number of halogens is 2. The Morgan fingerprint density at radius 2 is 2.00 bits per heavy atom. The fourth-order valence-corrected chi connectivity index (χ4v) is 2.86. The van der Waals surface area contributed by atoms with E-state index in [1.54, 1.807) is 6.07 Å². The van der Waals surface area contributed by atoms with Gasteiger partial charge in [-0.25, -0.2) is 4.98 Å². The zero-order chi connectivity index (χ0) is 12.3. The maximum Gasteiger partial charge on any atom is 0.129 e. The largest absolute Gasteiger partial charge is 0.295 e. The third-order valence-electron chi connectivity index (χ3n) is 3.48. The standard InChI is InChI=1S/C13H18Cl2N2/c1-2-17(10-5-3-4-6-10)9-12-11(14)7-8-13(15)16-12/h7-8,10H,2-6,9H2,1H3. The highest BCUT2D eigenvalue weighted by Gasteiger charge is 2.22. The summed E-state index contributed by atoms with van der Waals surface area (Å²) in [5.41, 5.74) is 0.896. The van der Waals surface area contributed by atoms with Crippen LogP contribution in [0.1, 0.15) is 38.3 Å². The second-order valence-corrected chi connectivity index (χ2v) is 5.36. The molecule has 94 valence electrons. The molecule has 17 heavy (non-hydrogen) atoms. The SMILES string of the molecule is CCN(Cc1nc(Cl)ccc1Cl)C1CCCC1. The molecule has 2 nitrogen and oxygen atoms in total. The average molecular weight is 273 g/mol. The van der Waals surface area contributed by atoms with Crippen LogP contribution in [0.2, 0.25) is 10.2 Å². The number of nitrogens with zero attached hydrogens (tertiary/aromatic N) is 2. The molecule has 0 atom stereocenters. The van der Waals surface area contributed by atoms with Crippen molar-refractivity contribution in [3.05, 3.63) is 28.0 Å².